The number of hydrogen-bond acceptors (Lipinski definition) is 1. The van der Waals surface area contributed by atoms with E-state index in [9.17, 15) is 4.79 Å². The van der Waals surface area contributed by atoms with E-state index in [2.05, 4.69) is 21.2 Å². The van der Waals surface area contributed by atoms with Crippen molar-refractivity contribution in [3.63, 3.8) is 0 Å². The number of hydrogen-bond donors (Lipinski definition) is 1. The van der Waals surface area contributed by atoms with Gasteiger partial charge in [-0.2, -0.15) is 0 Å². The normalized spacial score (nSPS) is 20.3. The Morgan fingerprint density at radius 1 is 1.50 bits per heavy atom. The van der Waals surface area contributed by atoms with Gasteiger partial charge in [0.1, 0.15) is 0 Å². The lowest BCUT2D eigenvalue weighted by molar-refractivity contribution is -0.129. The summed E-state index contributed by atoms with van der Waals surface area (Å²) in [5.41, 5.74) is -0.178. The molecule has 0 heterocycles. The number of nitrogens with one attached hydrogen (secondary N) is 1. The average Bonchev–Trinajstić information content (AvgIpc) is 2.67. The molecule has 1 rings (SSSR count). The van der Waals surface area contributed by atoms with Crippen molar-refractivity contribution >= 4 is 21.8 Å². The lowest BCUT2D eigenvalue weighted by atomic mass is 9.95. The molecule has 0 atom stereocenters. The molecule has 0 spiro atoms. The molecule has 0 radical (unpaired) electrons. The fourth-order valence-corrected chi connectivity index (χ4v) is 1.57. The minimum Gasteiger partial charge on any atom is -0.349 e. The maximum atomic E-state index is 11.5. The van der Waals surface area contributed by atoms with Gasteiger partial charge in [-0.3, -0.25) is 4.79 Å². The van der Waals surface area contributed by atoms with E-state index in [4.69, 9.17) is 0 Å². The SMILES string of the molecule is CC(C)(C)C(=O)NC1(CBr)CC1. The van der Waals surface area contributed by atoms with E-state index < -0.39 is 0 Å². The fraction of sp³-hybridized carbons (Fsp3) is 0.889. The fourth-order valence-electron chi connectivity index (χ4n) is 0.871. The van der Waals surface area contributed by atoms with Crippen LogP contribution in [0.4, 0.5) is 0 Å². The number of rotatable bonds is 2. The van der Waals surface area contributed by atoms with Crippen LogP contribution >= 0.6 is 15.9 Å². The van der Waals surface area contributed by atoms with Gasteiger partial charge in [-0.15, -0.1) is 0 Å². The van der Waals surface area contributed by atoms with E-state index in [1.807, 2.05) is 20.8 Å². The molecule has 1 aliphatic carbocycles. The van der Waals surface area contributed by atoms with Gasteiger partial charge in [-0.1, -0.05) is 36.7 Å². The molecule has 0 aromatic heterocycles. The van der Waals surface area contributed by atoms with Crippen LogP contribution in [-0.4, -0.2) is 16.8 Å². The highest BCUT2D eigenvalue weighted by Gasteiger charge is 2.44. The van der Waals surface area contributed by atoms with Crippen molar-refractivity contribution in [2.24, 2.45) is 5.41 Å². The molecule has 0 aromatic rings. The first-order chi connectivity index (χ1) is 5.40. The smallest absolute Gasteiger partial charge is 0.225 e. The maximum Gasteiger partial charge on any atom is 0.225 e. The Labute approximate surface area is 82.2 Å². The third-order valence-electron chi connectivity index (χ3n) is 2.17. The maximum absolute atomic E-state index is 11.5. The summed E-state index contributed by atoms with van der Waals surface area (Å²) in [5.74, 6) is 0.152. The van der Waals surface area contributed by atoms with Crippen molar-refractivity contribution in [3.05, 3.63) is 0 Å². The molecule has 70 valence electrons. The quantitative estimate of drug-likeness (QED) is 0.728. The Hall–Kier alpha value is -0.0500. The zero-order valence-corrected chi connectivity index (χ0v) is 9.49. The second-order valence-corrected chi connectivity index (χ2v) is 5.18. The summed E-state index contributed by atoms with van der Waals surface area (Å²) in [7, 11) is 0. The van der Waals surface area contributed by atoms with E-state index in [1.54, 1.807) is 0 Å². The Morgan fingerprint density at radius 3 is 2.25 bits per heavy atom. The summed E-state index contributed by atoms with van der Waals surface area (Å²) in [6, 6.07) is 0. The van der Waals surface area contributed by atoms with Crippen molar-refractivity contribution in [2.45, 2.75) is 39.2 Å². The van der Waals surface area contributed by atoms with Crippen LogP contribution in [0.3, 0.4) is 0 Å². The van der Waals surface area contributed by atoms with Gasteiger partial charge < -0.3 is 5.32 Å². The van der Waals surface area contributed by atoms with Crippen molar-refractivity contribution in [2.75, 3.05) is 5.33 Å². The standard InChI is InChI=1S/C9H16BrNO/c1-8(2,3)7(12)11-9(6-10)4-5-9/h4-6H2,1-3H3,(H,11,12). The first-order valence-corrected chi connectivity index (χ1v) is 5.40. The van der Waals surface area contributed by atoms with E-state index in [1.165, 1.54) is 0 Å². The lowest BCUT2D eigenvalue weighted by Gasteiger charge is -2.22. The summed E-state index contributed by atoms with van der Waals surface area (Å²) < 4.78 is 0. The zero-order valence-electron chi connectivity index (χ0n) is 7.91. The summed E-state index contributed by atoms with van der Waals surface area (Å²) >= 11 is 3.41. The van der Waals surface area contributed by atoms with E-state index >= 15 is 0 Å². The van der Waals surface area contributed by atoms with Gasteiger partial charge in [0.05, 0.1) is 0 Å². The van der Waals surface area contributed by atoms with Gasteiger partial charge >= 0.3 is 0 Å². The number of halogens is 1. The largest absolute Gasteiger partial charge is 0.349 e. The van der Waals surface area contributed by atoms with E-state index in [-0.39, 0.29) is 16.9 Å². The molecule has 0 unspecified atom stereocenters. The summed E-state index contributed by atoms with van der Waals surface area (Å²) in [5, 5.41) is 3.95. The molecular weight excluding hydrogens is 218 g/mol. The highest BCUT2D eigenvalue weighted by atomic mass is 79.9. The molecule has 2 nitrogen and oxygen atoms in total. The molecule has 1 fully saturated rings. The Bertz CT molecular complexity index is 191. The number of carbonyl (C=O) groups is 1. The molecule has 3 heteroatoms. The molecule has 1 amide bonds. The summed E-state index contributed by atoms with van der Waals surface area (Å²) in [6.45, 7) is 5.81. The third kappa shape index (κ3) is 2.22. The lowest BCUT2D eigenvalue weighted by Crippen LogP contribution is -2.44. The van der Waals surface area contributed by atoms with Crippen molar-refractivity contribution in [1.82, 2.24) is 5.32 Å². The molecule has 12 heavy (non-hydrogen) atoms. The number of carbonyl (C=O) groups excluding carboxylic acids is 1. The molecule has 1 saturated carbocycles. The molecule has 0 saturated heterocycles. The molecule has 0 bridgehead atoms. The van der Waals surface area contributed by atoms with Crippen molar-refractivity contribution in [1.29, 1.82) is 0 Å². The van der Waals surface area contributed by atoms with Gasteiger partial charge in [0, 0.05) is 16.3 Å². The van der Waals surface area contributed by atoms with Gasteiger partial charge in [0.25, 0.3) is 0 Å². The monoisotopic (exact) mass is 233 g/mol. The van der Waals surface area contributed by atoms with Gasteiger partial charge in [0.2, 0.25) is 5.91 Å². The van der Waals surface area contributed by atoms with Crippen molar-refractivity contribution in [3.8, 4) is 0 Å². The van der Waals surface area contributed by atoms with Crippen LogP contribution in [0.15, 0.2) is 0 Å². The van der Waals surface area contributed by atoms with Crippen LogP contribution in [0.25, 0.3) is 0 Å². The molecular formula is C9H16BrNO. The third-order valence-corrected chi connectivity index (χ3v) is 3.24. The highest BCUT2D eigenvalue weighted by molar-refractivity contribution is 9.09. The first-order valence-electron chi connectivity index (χ1n) is 4.28. The summed E-state index contributed by atoms with van der Waals surface area (Å²) in [4.78, 5) is 11.5. The van der Waals surface area contributed by atoms with Crippen LogP contribution < -0.4 is 5.32 Å². The average molecular weight is 234 g/mol. The van der Waals surface area contributed by atoms with Crippen LogP contribution in [0.2, 0.25) is 0 Å². The van der Waals surface area contributed by atoms with Crippen LogP contribution in [0.5, 0.6) is 0 Å². The van der Waals surface area contributed by atoms with E-state index in [0.29, 0.717) is 0 Å². The highest BCUT2D eigenvalue weighted by Crippen LogP contribution is 2.37. The predicted octanol–water partition coefficient (Wildman–Crippen LogP) is 2.08. The van der Waals surface area contributed by atoms with Gasteiger partial charge in [-0.05, 0) is 12.8 Å². The molecule has 1 N–H and O–H groups in total. The van der Waals surface area contributed by atoms with Crippen LogP contribution in [0, 0.1) is 5.41 Å². The Balaban J connectivity index is 2.47. The van der Waals surface area contributed by atoms with Crippen LogP contribution in [-0.2, 0) is 4.79 Å². The van der Waals surface area contributed by atoms with Gasteiger partial charge in [0.15, 0.2) is 0 Å². The minimum absolute atomic E-state index is 0.0877. The minimum atomic E-state index is -0.266. The van der Waals surface area contributed by atoms with Gasteiger partial charge in [-0.25, -0.2) is 0 Å². The van der Waals surface area contributed by atoms with E-state index in [0.717, 1.165) is 18.2 Å². The second-order valence-electron chi connectivity index (χ2n) is 4.62. The zero-order chi connectivity index (χ0) is 9.41. The molecule has 0 aliphatic heterocycles. The topological polar surface area (TPSA) is 29.1 Å². The predicted molar refractivity (Wildman–Crippen MR) is 53.4 cm³/mol. The number of alkyl halides is 1. The van der Waals surface area contributed by atoms with Crippen molar-refractivity contribution < 1.29 is 4.79 Å². The summed E-state index contributed by atoms with van der Waals surface area (Å²) in [6.07, 6.45) is 2.22. The molecule has 0 aromatic carbocycles. The first kappa shape index (κ1) is 10.0. The van der Waals surface area contributed by atoms with Crippen LogP contribution in [0.1, 0.15) is 33.6 Å². The Morgan fingerprint density at radius 2 is 2.00 bits per heavy atom. The molecule has 1 aliphatic rings. The Kier molecular flexibility index (Phi) is 2.52. The second kappa shape index (κ2) is 3.02. The number of amides is 1.